The molecule has 9 heavy (non-hydrogen) atoms. The minimum absolute atomic E-state index is 0.324. The highest BCUT2D eigenvalue weighted by Crippen LogP contribution is 2.37. The fraction of sp³-hybridized carbons (Fsp3) is 1.00. The molecule has 0 aromatic carbocycles. The van der Waals surface area contributed by atoms with E-state index in [0.29, 0.717) is 6.61 Å². The molecule has 0 bridgehead atoms. The standard InChI is InChI=1S/C7H14O2/c1-2-9-6-5-7(8)3-4-7/h8H,2-6H2,1H3. The first-order valence-electron chi connectivity index (χ1n) is 3.57. The van der Waals surface area contributed by atoms with Crippen molar-refractivity contribution >= 4 is 0 Å². The molecule has 1 rings (SSSR count). The van der Waals surface area contributed by atoms with Crippen molar-refractivity contribution in [3.8, 4) is 0 Å². The van der Waals surface area contributed by atoms with E-state index in [1.165, 1.54) is 0 Å². The van der Waals surface area contributed by atoms with E-state index >= 15 is 0 Å². The van der Waals surface area contributed by atoms with Crippen LogP contribution in [0.2, 0.25) is 0 Å². The van der Waals surface area contributed by atoms with Crippen LogP contribution in [0.15, 0.2) is 0 Å². The zero-order valence-electron chi connectivity index (χ0n) is 5.89. The molecular formula is C7H14O2. The Morgan fingerprint density at radius 3 is 2.67 bits per heavy atom. The van der Waals surface area contributed by atoms with Crippen LogP contribution in [-0.2, 0) is 4.74 Å². The summed E-state index contributed by atoms with van der Waals surface area (Å²) in [6.45, 7) is 3.44. The lowest BCUT2D eigenvalue weighted by molar-refractivity contribution is 0.0748. The molecule has 1 aliphatic rings. The molecule has 2 nitrogen and oxygen atoms in total. The molecule has 1 N–H and O–H groups in total. The van der Waals surface area contributed by atoms with E-state index in [1.54, 1.807) is 0 Å². The molecule has 1 fully saturated rings. The fourth-order valence-electron chi connectivity index (χ4n) is 0.801. The topological polar surface area (TPSA) is 29.5 Å². The SMILES string of the molecule is CCOCCC1(O)CC1. The van der Waals surface area contributed by atoms with Crippen LogP contribution in [0.1, 0.15) is 26.2 Å². The van der Waals surface area contributed by atoms with Crippen LogP contribution in [0.3, 0.4) is 0 Å². The van der Waals surface area contributed by atoms with Crippen LogP contribution in [0, 0.1) is 0 Å². The predicted octanol–water partition coefficient (Wildman–Crippen LogP) is 0.938. The summed E-state index contributed by atoms with van der Waals surface area (Å²) < 4.78 is 5.09. The molecule has 54 valence electrons. The van der Waals surface area contributed by atoms with Crippen molar-refractivity contribution in [1.29, 1.82) is 0 Å². The Balaban J connectivity index is 1.92. The monoisotopic (exact) mass is 130 g/mol. The lowest BCUT2D eigenvalue weighted by Gasteiger charge is -2.05. The minimum Gasteiger partial charge on any atom is -0.390 e. The van der Waals surface area contributed by atoms with Gasteiger partial charge in [0, 0.05) is 13.2 Å². The minimum atomic E-state index is -0.324. The van der Waals surface area contributed by atoms with Crippen molar-refractivity contribution in [2.45, 2.75) is 31.8 Å². The smallest absolute Gasteiger partial charge is 0.0671 e. The first kappa shape index (κ1) is 7.03. The number of ether oxygens (including phenoxy) is 1. The first-order valence-corrected chi connectivity index (χ1v) is 3.57. The Bertz CT molecular complexity index is 86.9. The molecule has 0 aromatic rings. The van der Waals surface area contributed by atoms with Gasteiger partial charge in [-0.3, -0.25) is 0 Å². The van der Waals surface area contributed by atoms with E-state index in [2.05, 4.69) is 0 Å². The Morgan fingerprint density at radius 1 is 1.56 bits per heavy atom. The molecule has 0 radical (unpaired) electrons. The largest absolute Gasteiger partial charge is 0.390 e. The van der Waals surface area contributed by atoms with Gasteiger partial charge in [0.1, 0.15) is 0 Å². The summed E-state index contributed by atoms with van der Waals surface area (Å²) in [4.78, 5) is 0. The van der Waals surface area contributed by atoms with Crippen LogP contribution in [0.4, 0.5) is 0 Å². The van der Waals surface area contributed by atoms with Gasteiger partial charge in [0.25, 0.3) is 0 Å². The summed E-state index contributed by atoms with van der Waals surface area (Å²) in [5, 5.41) is 9.28. The van der Waals surface area contributed by atoms with E-state index in [0.717, 1.165) is 25.9 Å². The molecule has 0 unspecified atom stereocenters. The van der Waals surface area contributed by atoms with Crippen molar-refractivity contribution in [3.05, 3.63) is 0 Å². The summed E-state index contributed by atoms with van der Waals surface area (Å²) >= 11 is 0. The maximum Gasteiger partial charge on any atom is 0.0671 e. The van der Waals surface area contributed by atoms with E-state index in [4.69, 9.17) is 4.74 Å². The van der Waals surface area contributed by atoms with Gasteiger partial charge in [-0.05, 0) is 26.2 Å². The van der Waals surface area contributed by atoms with Crippen molar-refractivity contribution in [2.75, 3.05) is 13.2 Å². The second-order valence-corrected chi connectivity index (χ2v) is 2.67. The first-order chi connectivity index (χ1) is 4.27. The van der Waals surface area contributed by atoms with Crippen LogP contribution in [0.25, 0.3) is 0 Å². The summed E-state index contributed by atoms with van der Waals surface area (Å²) in [6.07, 6.45) is 2.76. The molecule has 1 aliphatic carbocycles. The highest BCUT2D eigenvalue weighted by atomic mass is 16.5. The molecule has 0 spiro atoms. The van der Waals surface area contributed by atoms with Crippen molar-refractivity contribution in [2.24, 2.45) is 0 Å². The van der Waals surface area contributed by atoms with Crippen molar-refractivity contribution < 1.29 is 9.84 Å². The van der Waals surface area contributed by atoms with Gasteiger partial charge in [-0.15, -0.1) is 0 Å². The number of hydrogen-bond donors (Lipinski definition) is 1. The molecule has 0 amide bonds. The van der Waals surface area contributed by atoms with Crippen LogP contribution in [-0.4, -0.2) is 23.9 Å². The van der Waals surface area contributed by atoms with Crippen molar-refractivity contribution in [3.63, 3.8) is 0 Å². The highest BCUT2D eigenvalue weighted by Gasteiger charge is 2.39. The molecule has 0 heterocycles. The van der Waals surface area contributed by atoms with Gasteiger partial charge in [0.05, 0.1) is 5.60 Å². The maximum atomic E-state index is 9.28. The third-order valence-corrected chi connectivity index (χ3v) is 1.74. The molecule has 0 atom stereocenters. The number of hydrogen-bond acceptors (Lipinski definition) is 2. The van der Waals surface area contributed by atoms with E-state index in [9.17, 15) is 5.11 Å². The summed E-state index contributed by atoms with van der Waals surface area (Å²) in [6, 6.07) is 0. The van der Waals surface area contributed by atoms with Crippen LogP contribution >= 0.6 is 0 Å². The van der Waals surface area contributed by atoms with Gasteiger partial charge in [0.2, 0.25) is 0 Å². The highest BCUT2D eigenvalue weighted by molar-refractivity contribution is 4.92. The number of aliphatic hydroxyl groups is 1. The summed E-state index contributed by atoms with van der Waals surface area (Å²) in [5.41, 5.74) is -0.324. The summed E-state index contributed by atoms with van der Waals surface area (Å²) in [5.74, 6) is 0. The average molecular weight is 130 g/mol. The zero-order valence-corrected chi connectivity index (χ0v) is 5.89. The van der Waals surface area contributed by atoms with Crippen LogP contribution < -0.4 is 0 Å². The second kappa shape index (κ2) is 2.67. The Kier molecular flexibility index (Phi) is 2.09. The van der Waals surface area contributed by atoms with E-state index < -0.39 is 0 Å². The van der Waals surface area contributed by atoms with E-state index in [1.807, 2.05) is 6.92 Å². The third-order valence-electron chi connectivity index (χ3n) is 1.74. The molecule has 2 heteroatoms. The van der Waals surface area contributed by atoms with Crippen LogP contribution in [0.5, 0.6) is 0 Å². The molecule has 0 aromatic heterocycles. The zero-order chi connectivity index (χ0) is 6.74. The van der Waals surface area contributed by atoms with Crippen molar-refractivity contribution in [1.82, 2.24) is 0 Å². The second-order valence-electron chi connectivity index (χ2n) is 2.67. The molecule has 1 saturated carbocycles. The lowest BCUT2D eigenvalue weighted by atomic mass is 10.2. The average Bonchev–Trinajstić information content (AvgIpc) is 2.50. The third kappa shape index (κ3) is 2.33. The number of rotatable bonds is 4. The fourth-order valence-corrected chi connectivity index (χ4v) is 0.801. The molecular weight excluding hydrogens is 116 g/mol. The normalized spacial score (nSPS) is 22.0. The Labute approximate surface area is 55.8 Å². The van der Waals surface area contributed by atoms with Gasteiger partial charge in [-0.1, -0.05) is 0 Å². The van der Waals surface area contributed by atoms with Gasteiger partial charge < -0.3 is 9.84 Å². The maximum absolute atomic E-state index is 9.28. The van der Waals surface area contributed by atoms with Gasteiger partial charge >= 0.3 is 0 Å². The predicted molar refractivity (Wildman–Crippen MR) is 35.3 cm³/mol. The Hall–Kier alpha value is -0.0800. The quantitative estimate of drug-likeness (QED) is 0.574. The van der Waals surface area contributed by atoms with Gasteiger partial charge in [-0.2, -0.15) is 0 Å². The lowest BCUT2D eigenvalue weighted by Crippen LogP contribution is -2.10. The van der Waals surface area contributed by atoms with E-state index in [-0.39, 0.29) is 5.60 Å². The Morgan fingerprint density at radius 2 is 2.22 bits per heavy atom. The molecule has 0 saturated heterocycles. The van der Waals surface area contributed by atoms with Gasteiger partial charge in [-0.25, -0.2) is 0 Å². The summed E-state index contributed by atoms with van der Waals surface area (Å²) in [7, 11) is 0. The molecule has 0 aliphatic heterocycles. The van der Waals surface area contributed by atoms with Gasteiger partial charge in [0.15, 0.2) is 0 Å².